The number of hydrogen-bond acceptors (Lipinski definition) is 4. The molecule has 94 valence electrons. The van der Waals surface area contributed by atoms with Crippen molar-refractivity contribution in [3.05, 3.63) is 22.8 Å². The van der Waals surface area contributed by atoms with Crippen molar-refractivity contribution in [3.63, 3.8) is 0 Å². The summed E-state index contributed by atoms with van der Waals surface area (Å²) in [6, 6.07) is 0. The molecule has 0 aliphatic carbocycles. The van der Waals surface area contributed by atoms with E-state index in [0.717, 1.165) is 31.1 Å². The molecule has 0 fully saturated rings. The van der Waals surface area contributed by atoms with Gasteiger partial charge in [0.2, 0.25) is 0 Å². The highest BCUT2D eigenvalue weighted by atomic mass is 32.2. The first-order chi connectivity index (χ1) is 8.24. The van der Waals surface area contributed by atoms with Crippen molar-refractivity contribution in [3.8, 4) is 0 Å². The van der Waals surface area contributed by atoms with E-state index in [1.165, 1.54) is 23.4 Å². The van der Waals surface area contributed by atoms with E-state index in [1.54, 1.807) is 0 Å². The van der Waals surface area contributed by atoms with E-state index in [2.05, 4.69) is 31.1 Å². The van der Waals surface area contributed by atoms with Crippen LogP contribution in [0.2, 0.25) is 0 Å². The molecule has 3 nitrogen and oxygen atoms in total. The summed E-state index contributed by atoms with van der Waals surface area (Å²) in [5, 5.41) is 4.05. The Morgan fingerprint density at radius 1 is 1.29 bits per heavy atom. The molecule has 2 heterocycles. The molecule has 0 saturated heterocycles. The van der Waals surface area contributed by atoms with E-state index in [-0.39, 0.29) is 0 Å². The maximum Gasteiger partial charge on any atom is 0.138 e. The molecule has 0 saturated carbocycles. The fourth-order valence-electron chi connectivity index (χ4n) is 1.99. The molecule has 1 aliphatic rings. The van der Waals surface area contributed by atoms with E-state index in [4.69, 9.17) is 4.98 Å². The van der Waals surface area contributed by atoms with Crippen LogP contribution in [0.15, 0.2) is 0 Å². The van der Waals surface area contributed by atoms with E-state index in [9.17, 15) is 0 Å². The van der Waals surface area contributed by atoms with Gasteiger partial charge in [0.1, 0.15) is 5.82 Å². The molecule has 2 rings (SSSR count). The van der Waals surface area contributed by atoms with Crippen LogP contribution in [0.3, 0.4) is 0 Å². The summed E-state index contributed by atoms with van der Waals surface area (Å²) in [7, 11) is 0. The molecule has 1 atom stereocenters. The molecule has 1 unspecified atom stereocenters. The van der Waals surface area contributed by atoms with Gasteiger partial charge in [0.25, 0.3) is 0 Å². The number of aryl methyl sites for hydroxylation is 1. The van der Waals surface area contributed by atoms with Crippen LogP contribution in [0.1, 0.15) is 50.0 Å². The summed E-state index contributed by atoms with van der Waals surface area (Å²) in [6.07, 6.45) is 2.21. The number of hydrogen-bond donors (Lipinski definition) is 1. The molecule has 17 heavy (non-hydrogen) atoms. The largest absolute Gasteiger partial charge is 0.307 e. The summed E-state index contributed by atoms with van der Waals surface area (Å²) in [5.74, 6) is 1.95. The lowest BCUT2D eigenvalue weighted by Crippen LogP contribution is -2.05. The second-order valence-corrected chi connectivity index (χ2v) is 5.93. The Balaban J connectivity index is 2.13. The lowest BCUT2D eigenvalue weighted by atomic mass is 10.1. The van der Waals surface area contributed by atoms with Crippen molar-refractivity contribution in [1.29, 1.82) is 0 Å². The standard InChI is InChI=1S/C13H21N3S/c1-4-9(3)17-8-13-15-11(5-2)10-6-14-7-12(10)16-13/h9,14H,4-8H2,1-3H3. The number of thioether (sulfide) groups is 1. The van der Waals surface area contributed by atoms with Crippen LogP contribution in [0.4, 0.5) is 0 Å². The highest BCUT2D eigenvalue weighted by molar-refractivity contribution is 7.99. The summed E-state index contributed by atoms with van der Waals surface area (Å²) in [5.41, 5.74) is 3.79. The van der Waals surface area contributed by atoms with Gasteiger partial charge in [0, 0.05) is 29.6 Å². The molecule has 1 aromatic rings. The predicted molar refractivity (Wildman–Crippen MR) is 73.0 cm³/mol. The van der Waals surface area contributed by atoms with Gasteiger partial charge in [-0.2, -0.15) is 11.8 Å². The fourth-order valence-corrected chi connectivity index (χ4v) is 2.78. The molecule has 1 aromatic heterocycles. The Bertz CT molecular complexity index is 392. The summed E-state index contributed by atoms with van der Waals surface area (Å²) < 4.78 is 0. The van der Waals surface area contributed by atoms with Crippen molar-refractivity contribution in [2.75, 3.05) is 0 Å². The third-order valence-corrected chi connectivity index (χ3v) is 4.55. The topological polar surface area (TPSA) is 37.8 Å². The molecule has 0 radical (unpaired) electrons. The molecule has 1 N–H and O–H groups in total. The van der Waals surface area contributed by atoms with Gasteiger partial charge in [0.05, 0.1) is 11.4 Å². The maximum absolute atomic E-state index is 4.70. The predicted octanol–water partition coefficient (Wildman–Crippen LogP) is 2.67. The minimum Gasteiger partial charge on any atom is -0.307 e. The van der Waals surface area contributed by atoms with Gasteiger partial charge in [-0.3, -0.25) is 0 Å². The van der Waals surface area contributed by atoms with Crippen LogP contribution in [-0.4, -0.2) is 15.2 Å². The average molecular weight is 251 g/mol. The van der Waals surface area contributed by atoms with Gasteiger partial charge in [-0.25, -0.2) is 9.97 Å². The first-order valence-corrected chi connectivity index (χ1v) is 7.49. The van der Waals surface area contributed by atoms with Gasteiger partial charge in [-0.15, -0.1) is 0 Å². The lowest BCUT2D eigenvalue weighted by molar-refractivity contribution is 0.755. The highest BCUT2D eigenvalue weighted by Crippen LogP contribution is 2.22. The molecule has 0 spiro atoms. The van der Waals surface area contributed by atoms with Gasteiger partial charge in [-0.1, -0.05) is 20.8 Å². The zero-order valence-corrected chi connectivity index (χ0v) is 11.7. The van der Waals surface area contributed by atoms with E-state index in [0.29, 0.717) is 5.25 Å². The fraction of sp³-hybridized carbons (Fsp3) is 0.692. The molecular weight excluding hydrogens is 230 g/mol. The number of rotatable bonds is 5. The summed E-state index contributed by atoms with van der Waals surface area (Å²) in [4.78, 5) is 9.37. The second-order valence-electron chi connectivity index (χ2n) is 4.50. The van der Waals surface area contributed by atoms with Crippen LogP contribution < -0.4 is 5.32 Å². The molecule has 1 aliphatic heterocycles. The minimum absolute atomic E-state index is 0.690. The average Bonchev–Trinajstić information content (AvgIpc) is 2.82. The van der Waals surface area contributed by atoms with Crippen LogP contribution in [0.5, 0.6) is 0 Å². The first kappa shape index (κ1) is 12.8. The Morgan fingerprint density at radius 3 is 2.82 bits per heavy atom. The van der Waals surface area contributed by atoms with Gasteiger partial charge in [0.15, 0.2) is 0 Å². The molecule has 0 amide bonds. The van der Waals surface area contributed by atoms with Crippen molar-refractivity contribution in [2.45, 2.75) is 57.7 Å². The van der Waals surface area contributed by atoms with Crippen LogP contribution in [0.25, 0.3) is 0 Å². The van der Waals surface area contributed by atoms with E-state index < -0.39 is 0 Å². The smallest absolute Gasteiger partial charge is 0.138 e. The van der Waals surface area contributed by atoms with Crippen LogP contribution in [-0.2, 0) is 25.3 Å². The van der Waals surface area contributed by atoms with Crippen LogP contribution >= 0.6 is 11.8 Å². The zero-order valence-electron chi connectivity index (χ0n) is 10.9. The normalized spacial score (nSPS) is 15.9. The SMILES string of the molecule is CCc1nc(CSC(C)CC)nc2c1CNC2. The molecule has 4 heteroatoms. The Labute approximate surface area is 108 Å². The zero-order chi connectivity index (χ0) is 12.3. The van der Waals surface area contributed by atoms with Gasteiger partial charge < -0.3 is 5.32 Å². The highest BCUT2D eigenvalue weighted by Gasteiger charge is 2.17. The third kappa shape index (κ3) is 2.99. The summed E-state index contributed by atoms with van der Waals surface area (Å²) in [6.45, 7) is 8.51. The van der Waals surface area contributed by atoms with Crippen LogP contribution in [0, 0.1) is 0 Å². The monoisotopic (exact) mass is 251 g/mol. The Morgan fingerprint density at radius 2 is 2.12 bits per heavy atom. The van der Waals surface area contributed by atoms with E-state index in [1.807, 2.05) is 11.8 Å². The number of aromatic nitrogens is 2. The molecule has 0 bridgehead atoms. The van der Waals surface area contributed by atoms with Crippen molar-refractivity contribution < 1.29 is 0 Å². The Hall–Kier alpha value is -0.610. The quantitative estimate of drug-likeness (QED) is 0.873. The third-order valence-electron chi connectivity index (χ3n) is 3.23. The summed E-state index contributed by atoms with van der Waals surface area (Å²) >= 11 is 1.95. The minimum atomic E-state index is 0.690. The first-order valence-electron chi connectivity index (χ1n) is 6.44. The number of nitrogens with zero attached hydrogens (tertiary/aromatic N) is 2. The Kier molecular flexibility index (Phi) is 4.40. The van der Waals surface area contributed by atoms with Crippen molar-refractivity contribution in [2.24, 2.45) is 0 Å². The number of fused-ring (bicyclic) bond motifs is 1. The molecular formula is C13H21N3S. The second kappa shape index (κ2) is 5.83. The maximum atomic E-state index is 4.70. The van der Waals surface area contributed by atoms with Crippen molar-refractivity contribution in [1.82, 2.24) is 15.3 Å². The molecule has 0 aromatic carbocycles. The lowest BCUT2D eigenvalue weighted by Gasteiger charge is -2.10. The van der Waals surface area contributed by atoms with Gasteiger partial charge in [-0.05, 0) is 12.8 Å². The van der Waals surface area contributed by atoms with E-state index >= 15 is 0 Å². The van der Waals surface area contributed by atoms with Crippen molar-refractivity contribution >= 4 is 11.8 Å². The van der Waals surface area contributed by atoms with Gasteiger partial charge >= 0.3 is 0 Å². The number of nitrogens with one attached hydrogen (secondary N) is 1.